The number of aliphatic carboxylic acids is 1. The number of nitrogens with one attached hydrogen (secondary N) is 4. The Kier molecular flexibility index (Phi) is 29.3. The number of amides is 4. The molecule has 0 bridgehead atoms. The van der Waals surface area contributed by atoms with E-state index in [-0.39, 0.29) is 68.5 Å². The van der Waals surface area contributed by atoms with Gasteiger partial charge < -0.3 is 60.5 Å². The molecule has 0 radical (unpaired) electrons. The van der Waals surface area contributed by atoms with Crippen LogP contribution < -0.4 is 31.7 Å². The minimum atomic E-state index is -0.903. The van der Waals surface area contributed by atoms with Crippen LogP contribution in [0.15, 0.2) is 69.7 Å². The van der Waals surface area contributed by atoms with E-state index >= 15 is 0 Å². The fourth-order valence-electron chi connectivity index (χ4n) is 6.88. The second kappa shape index (κ2) is 33.9. The average Bonchev–Trinajstić information content (AvgIpc) is 3.34. The molecule has 1 atom stereocenters. The minimum Gasteiger partial charge on any atom is -0.489 e. The Balaban J connectivity index is 0.00000194. The highest BCUT2D eigenvalue weighted by atomic mass is 35.5. The maximum atomic E-state index is 12.9. The summed E-state index contributed by atoms with van der Waals surface area (Å²) in [4.78, 5) is 75.8. The topological polar surface area (TPSA) is 265 Å². The molecular formula is C50H73ClN6O13. The number of allylic oxidation sites excluding steroid dienone is 4. The molecule has 7 N–H and O–H groups in total. The zero-order chi connectivity index (χ0) is 51.9. The highest BCUT2D eigenvalue weighted by Crippen LogP contribution is 2.47. The van der Waals surface area contributed by atoms with Crippen molar-refractivity contribution in [3.63, 3.8) is 0 Å². The lowest BCUT2D eigenvalue weighted by atomic mass is 9.69. The highest BCUT2D eigenvalue weighted by Gasteiger charge is 2.40. The molecule has 0 saturated heterocycles. The maximum absolute atomic E-state index is 12.9. The number of anilines is 1. The van der Waals surface area contributed by atoms with Gasteiger partial charge in [-0.2, -0.15) is 0 Å². The van der Waals surface area contributed by atoms with Crippen LogP contribution in [0.3, 0.4) is 0 Å². The summed E-state index contributed by atoms with van der Waals surface area (Å²) in [5.41, 5.74) is 9.43. The summed E-state index contributed by atoms with van der Waals surface area (Å²) in [7, 11) is 1.50. The molecule has 19 nitrogen and oxygen atoms in total. The van der Waals surface area contributed by atoms with Crippen molar-refractivity contribution in [2.24, 2.45) is 16.6 Å². The van der Waals surface area contributed by atoms with Gasteiger partial charge in [0.15, 0.2) is 0 Å². The van der Waals surface area contributed by atoms with E-state index in [4.69, 9.17) is 50.1 Å². The van der Waals surface area contributed by atoms with Crippen LogP contribution in [0.4, 0.5) is 11.4 Å². The smallest absolute Gasteiger partial charge is 0.305 e. The SMILES string of the molecule is CCC1=C2C(=Nc3ccc(OCc4ccc(NC(=O)CNC(=O)C(NC(=O)CCOCCOCCOCCOCCOCCC(=O)O)C(C)C)cc4)cc3C2(C)C)C=C(Cl)C1=O.CCCNC=O.CN. The standard InChI is InChI=1S/C45H59ClN4O12.C4H9NO.CH5N/c1-6-33-41-37(26-35(46)43(33)55)49-36-12-11-32(25-34(36)45(41,4)5)62-28-30-7-9-31(10-8-30)48-39(52)27-47-44(56)42(29(2)3)50-38(51)13-15-57-17-19-59-21-23-61-24-22-60-20-18-58-16-14-40(53)54;1-2-3-5-4-6;1-2/h7-12,25-26,29,42H,6,13-24,27-28H2,1-5H3,(H,47,56)(H,48,52)(H,50,51)(H,53,54);4H,2-3H2,1H3,(H,5,6);2H2,1H3. The number of carboxylic acids is 1. The van der Waals surface area contributed by atoms with Crippen LogP contribution in [-0.4, -0.2) is 139 Å². The Bertz CT molecular complexity index is 2070. The number of hydrogen-bond acceptors (Lipinski definition) is 14. The monoisotopic (exact) mass is 1000 g/mol. The van der Waals surface area contributed by atoms with Crippen molar-refractivity contribution in [3.8, 4) is 5.75 Å². The minimum absolute atomic E-state index is 0.0375. The van der Waals surface area contributed by atoms with Crippen LogP contribution in [0.1, 0.15) is 78.4 Å². The number of nitrogens with zero attached hydrogens (tertiary/aromatic N) is 1. The first kappa shape index (κ1) is 60.6. The van der Waals surface area contributed by atoms with Crippen molar-refractivity contribution in [2.75, 3.05) is 91.5 Å². The van der Waals surface area contributed by atoms with Crippen LogP contribution in [0.5, 0.6) is 5.75 Å². The van der Waals surface area contributed by atoms with E-state index in [1.54, 1.807) is 32.1 Å². The number of hydrogen-bond donors (Lipinski definition) is 6. The Morgan fingerprint density at radius 3 is 1.91 bits per heavy atom. The van der Waals surface area contributed by atoms with Gasteiger partial charge in [-0.15, -0.1) is 0 Å². The molecule has 70 heavy (non-hydrogen) atoms. The van der Waals surface area contributed by atoms with Crippen LogP contribution in [0, 0.1) is 5.92 Å². The first-order chi connectivity index (χ1) is 33.6. The molecule has 2 aliphatic rings. The third-order valence-electron chi connectivity index (χ3n) is 10.4. The fourth-order valence-corrected chi connectivity index (χ4v) is 7.10. The van der Waals surface area contributed by atoms with E-state index < -0.39 is 29.2 Å². The number of ketones is 1. The Morgan fingerprint density at radius 2 is 1.40 bits per heavy atom. The number of carboxylic acid groups (broad SMARTS) is 1. The van der Waals surface area contributed by atoms with E-state index in [0.717, 1.165) is 35.4 Å². The average molecular weight is 1000 g/mol. The van der Waals surface area contributed by atoms with Crippen molar-refractivity contribution >= 4 is 64.6 Å². The molecule has 1 aliphatic heterocycles. The van der Waals surface area contributed by atoms with Crippen molar-refractivity contribution in [3.05, 3.63) is 75.8 Å². The first-order valence-electron chi connectivity index (χ1n) is 23.5. The predicted molar refractivity (Wildman–Crippen MR) is 267 cm³/mol. The fraction of sp³-hybridized carbons (Fsp3) is 0.540. The zero-order valence-corrected chi connectivity index (χ0v) is 42.4. The van der Waals surface area contributed by atoms with Crippen LogP contribution in [-0.2, 0) is 64.5 Å². The van der Waals surface area contributed by atoms with Gasteiger partial charge in [0, 0.05) is 29.6 Å². The first-order valence-corrected chi connectivity index (χ1v) is 23.8. The molecule has 4 rings (SSSR count). The lowest BCUT2D eigenvalue weighted by molar-refractivity contribution is -0.138. The Hall–Kier alpha value is -5.54. The number of rotatable bonds is 31. The molecular weight excluding hydrogens is 928 g/mol. The molecule has 1 aliphatic carbocycles. The summed E-state index contributed by atoms with van der Waals surface area (Å²) in [6, 6.07) is 12.0. The number of benzene rings is 2. The van der Waals surface area contributed by atoms with E-state index in [1.807, 2.05) is 44.2 Å². The molecule has 0 fully saturated rings. The van der Waals surface area contributed by atoms with Gasteiger partial charge in [0.05, 0.1) is 95.5 Å². The lowest BCUT2D eigenvalue weighted by Crippen LogP contribution is -2.51. The van der Waals surface area contributed by atoms with Crippen molar-refractivity contribution in [1.29, 1.82) is 0 Å². The largest absolute Gasteiger partial charge is 0.489 e. The lowest BCUT2D eigenvalue weighted by Gasteiger charge is -2.37. The van der Waals surface area contributed by atoms with Gasteiger partial charge in [-0.25, -0.2) is 4.99 Å². The number of Topliss-reactive ketones (excluding diaryl/α,β-unsaturated/α-hetero) is 1. The summed E-state index contributed by atoms with van der Waals surface area (Å²) in [5, 5.41) is 19.3. The van der Waals surface area contributed by atoms with Gasteiger partial charge in [0.25, 0.3) is 0 Å². The second-order valence-corrected chi connectivity index (χ2v) is 16.8. The van der Waals surface area contributed by atoms with E-state index in [2.05, 4.69) is 40.8 Å². The molecule has 20 heteroatoms. The van der Waals surface area contributed by atoms with Crippen LogP contribution >= 0.6 is 11.6 Å². The van der Waals surface area contributed by atoms with Gasteiger partial charge in [-0.3, -0.25) is 28.8 Å². The molecule has 0 saturated carbocycles. The van der Waals surface area contributed by atoms with Gasteiger partial charge in [0.1, 0.15) is 18.4 Å². The van der Waals surface area contributed by atoms with E-state index in [0.29, 0.717) is 81.8 Å². The number of fused-ring (bicyclic) bond motifs is 2. The van der Waals surface area contributed by atoms with Crippen molar-refractivity contribution < 1.29 is 62.3 Å². The molecule has 4 amide bonds. The highest BCUT2D eigenvalue weighted by molar-refractivity contribution is 6.49. The zero-order valence-electron chi connectivity index (χ0n) is 41.6. The van der Waals surface area contributed by atoms with Gasteiger partial charge in [-0.05, 0) is 78.9 Å². The summed E-state index contributed by atoms with van der Waals surface area (Å²) in [6.07, 6.45) is 3.93. The summed E-state index contributed by atoms with van der Waals surface area (Å²) in [6.45, 7) is 15.6. The number of carbonyl (C=O) groups is 6. The van der Waals surface area contributed by atoms with E-state index in [1.165, 1.54) is 7.05 Å². The third-order valence-corrected chi connectivity index (χ3v) is 10.7. The number of halogens is 1. The summed E-state index contributed by atoms with van der Waals surface area (Å²) < 4.78 is 32.9. The summed E-state index contributed by atoms with van der Waals surface area (Å²) >= 11 is 6.26. The number of ether oxygens (including phenoxy) is 6. The van der Waals surface area contributed by atoms with Gasteiger partial charge in [-0.1, -0.05) is 65.3 Å². The van der Waals surface area contributed by atoms with Crippen LogP contribution in [0.2, 0.25) is 0 Å². The molecule has 2 aromatic carbocycles. The van der Waals surface area contributed by atoms with E-state index in [9.17, 15) is 28.8 Å². The quantitative estimate of drug-likeness (QED) is 0.0334. The Labute approximate surface area is 416 Å². The van der Waals surface area contributed by atoms with Crippen molar-refractivity contribution in [1.82, 2.24) is 16.0 Å². The molecule has 0 spiro atoms. The molecule has 388 valence electrons. The predicted octanol–water partition coefficient (Wildman–Crippen LogP) is 4.90. The number of carbonyl (C=O) groups excluding carboxylic acids is 5. The maximum Gasteiger partial charge on any atom is 0.305 e. The molecule has 1 unspecified atom stereocenters. The number of aliphatic imine (C=N–C) groups is 1. The van der Waals surface area contributed by atoms with Gasteiger partial charge in [0.2, 0.25) is 29.9 Å². The molecule has 2 aromatic rings. The third kappa shape index (κ3) is 21.6. The second-order valence-electron chi connectivity index (χ2n) is 16.4. The molecule has 1 heterocycles. The molecule has 0 aromatic heterocycles. The van der Waals surface area contributed by atoms with Crippen LogP contribution in [0.25, 0.3) is 0 Å². The number of nitrogens with two attached hydrogens (primary N) is 1. The van der Waals surface area contributed by atoms with Crippen molar-refractivity contribution in [2.45, 2.75) is 85.3 Å². The van der Waals surface area contributed by atoms with Gasteiger partial charge >= 0.3 is 5.97 Å². The summed E-state index contributed by atoms with van der Waals surface area (Å²) in [5.74, 6) is -1.91. The Morgan fingerprint density at radius 1 is 0.829 bits per heavy atom. The normalized spacial score (nSPS) is 13.7.